The van der Waals surface area contributed by atoms with Crippen LogP contribution >= 0.6 is 27.5 Å². The van der Waals surface area contributed by atoms with E-state index in [9.17, 15) is 9.90 Å². The van der Waals surface area contributed by atoms with E-state index in [4.69, 9.17) is 11.6 Å². The van der Waals surface area contributed by atoms with Gasteiger partial charge in [-0.2, -0.15) is 0 Å². The van der Waals surface area contributed by atoms with Crippen LogP contribution in [0.2, 0.25) is 5.02 Å². The Hall–Kier alpha value is -0.740. The molecule has 0 unspecified atom stereocenters. The highest BCUT2D eigenvalue weighted by Crippen LogP contribution is 2.37. The zero-order chi connectivity index (χ0) is 14.6. The van der Waals surface area contributed by atoms with Crippen molar-refractivity contribution in [3.05, 3.63) is 28.8 Å². The predicted octanol–water partition coefficient (Wildman–Crippen LogP) is 4.12. The van der Waals surface area contributed by atoms with Crippen LogP contribution in [0.5, 0.6) is 5.75 Å². The molecule has 0 bridgehead atoms. The Labute approximate surface area is 132 Å². The van der Waals surface area contributed by atoms with E-state index < -0.39 is 0 Å². The molecular formula is C15H19BrClNO2. The van der Waals surface area contributed by atoms with E-state index >= 15 is 0 Å². The van der Waals surface area contributed by atoms with Gasteiger partial charge in [0.05, 0.1) is 5.02 Å². The van der Waals surface area contributed by atoms with E-state index in [2.05, 4.69) is 21.2 Å². The molecule has 1 aliphatic rings. The number of phenolic OH excluding ortho intramolecular Hbond substituents is 1. The van der Waals surface area contributed by atoms with Crippen LogP contribution in [0.3, 0.4) is 0 Å². The average Bonchev–Trinajstić information content (AvgIpc) is 2.48. The van der Waals surface area contributed by atoms with Crippen LogP contribution in [0.25, 0.3) is 0 Å². The van der Waals surface area contributed by atoms with E-state index in [-0.39, 0.29) is 22.1 Å². The van der Waals surface area contributed by atoms with E-state index in [0.717, 1.165) is 18.2 Å². The average molecular weight is 361 g/mol. The third kappa shape index (κ3) is 3.67. The normalized spacial score (nSPS) is 17.7. The lowest BCUT2D eigenvalue weighted by Crippen LogP contribution is -2.40. The summed E-state index contributed by atoms with van der Waals surface area (Å²) in [7, 11) is 0. The number of alkyl halides is 1. The Morgan fingerprint density at radius 1 is 1.35 bits per heavy atom. The molecule has 0 spiro atoms. The van der Waals surface area contributed by atoms with Gasteiger partial charge < -0.3 is 10.4 Å². The molecule has 3 nitrogen and oxygen atoms in total. The third-order valence-corrected chi connectivity index (χ3v) is 5.52. The molecule has 0 saturated heterocycles. The molecule has 2 rings (SSSR count). The van der Waals surface area contributed by atoms with Crippen LogP contribution in [-0.4, -0.2) is 22.9 Å². The lowest BCUT2D eigenvalue weighted by Gasteiger charge is -2.35. The Balaban J connectivity index is 1.98. The van der Waals surface area contributed by atoms with Gasteiger partial charge in [-0.3, -0.25) is 4.79 Å². The van der Waals surface area contributed by atoms with Gasteiger partial charge in [0.1, 0.15) is 5.75 Å². The molecule has 0 radical (unpaired) electrons. The monoisotopic (exact) mass is 359 g/mol. The minimum absolute atomic E-state index is 0.00701. The van der Waals surface area contributed by atoms with Gasteiger partial charge in [0.2, 0.25) is 0 Å². The molecule has 0 aromatic heterocycles. The summed E-state index contributed by atoms with van der Waals surface area (Å²) in [6.45, 7) is 0.676. The number of hydrogen-bond donors (Lipinski definition) is 2. The Bertz CT molecular complexity index is 487. The van der Waals surface area contributed by atoms with Crippen molar-refractivity contribution in [2.45, 2.75) is 32.1 Å². The van der Waals surface area contributed by atoms with Crippen LogP contribution in [0.15, 0.2) is 18.2 Å². The molecule has 1 fully saturated rings. The first-order valence-electron chi connectivity index (χ1n) is 6.89. The van der Waals surface area contributed by atoms with Crippen molar-refractivity contribution >= 4 is 33.4 Å². The summed E-state index contributed by atoms with van der Waals surface area (Å²) in [6.07, 6.45) is 6.04. The zero-order valence-corrected chi connectivity index (χ0v) is 13.6. The summed E-state index contributed by atoms with van der Waals surface area (Å²) in [5, 5.41) is 13.5. The highest BCUT2D eigenvalue weighted by Gasteiger charge is 2.31. The summed E-state index contributed by atoms with van der Waals surface area (Å²) >= 11 is 9.41. The molecule has 110 valence electrons. The number of rotatable bonds is 4. The van der Waals surface area contributed by atoms with Gasteiger partial charge in [0, 0.05) is 17.4 Å². The van der Waals surface area contributed by atoms with Crippen LogP contribution in [0, 0.1) is 5.41 Å². The molecule has 1 aromatic rings. The molecule has 5 heteroatoms. The fraction of sp³-hybridized carbons (Fsp3) is 0.533. The quantitative estimate of drug-likeness (QED) is 0.794. The molecule has 20 heavy (non-hydrogen) atoms. The minimum Gasteiger partial charge on any atom is -0.506 e. The number of aromatic hydroxyl groups is 1. The van der Waals surface area contributed by atoms with Crippen LogP contribution in [0.1, 0.15) is 42.5 Å². The lowest BCUT2D eigenvalue weighted by molar-refractivity contribution is 0.0922. The Kier molecular flexibility index (Phi) is 5.33. The van der Waals surface area contributed by atoms with Crippen molar-refractivity contribution in [3.63, 3.8) is 0 Å². The highest BCUT2D eigenvalue weighted by molar-refractivity contribution is 9.09. The van der Waals surface area contributed by atoms with Crippen LogP contribution in [-0.2, 0) is 0 Å². The summed E-state index contributed by atoms with van der Waals surface area (Å²) < 4.78 is 0. The number of halogens is 2. The van der Waals surface area contributed by atoms with Gasteiger partial charge in [-0.15, -0.1) is 0 Å². The van der Waals surface area contributed by atoms with E-state index in [1.54, 1.807) is 6.07 Å². The maximum Gasteiger partial charge on any atom is 0.251 e. The SMILES string of the molecule is O=C(NCC1(CBr)CCCCC1)c1ccc(O)c(Cl)c1. The first-order valence-corrected chi connectivity index (χ1v) is 8.39. The maximum absolute atomic E-state index is 12.1. The van der Waals surface area contributed by atoms with Gasteiger partial charge in [0.15, 0.2) is 0 Å². The number of carbonyl (C=O) groups is 1. The molecule has 0 atom stereocenters. The van der Waals surface area contributed by atoms with Gasteiger partial charge in [0.25, 0.3) is 5.91 Å². The summed E-state index contributed by atoms with van der Waals surface area (Å²) in [4.78, 5) is 12.1. The van der Waals surface area contributed by atoms with Gasteiger partial charge in [-0.05, 0) is 36.5 Å². The second-order valence-corrected chi connectivity index (χ2v) is 6.51. The van der Waals surface area contributed by atoms with E-state index in [0.29, 0.717) is 12.1 Å². The number of amides is 1. The number of carbonyl (C=O) groups excluding carboxylic acids is 1. The number of nitrogens with one attached hydrogen (secondary N) is 1. The van der Waals surface area contributed by atoms with Crippen molar-refractivity contribution in [1.82, 2.24) is 5.32 Å². The highest BCUT2D eigenvalue weighted by atomic mass is 79.9. The van der Waals surface area contributed by atoms with Gasteiger partial charge in [-0.25, -0.2) is 0 Å². The van der Waals surface area contributed by atoms with Crippen molar-refractivity contribution in [1.29, 1.82) is 0 Å². The lowest BCUT2D eigenvalue weighted by atomic mass is 9.75. The van der Waals surface area contributed by atoms with Gasteiger partial charge in [-0.1, -0.05) is 46.8 Å². The minimum atomic E-state index is -0.141. The predicted molar refractivity (Wildman–Crippen MR) is 84.8 cm³/mol. The second kappa shape index (κ2) is 6.81. The largest absolute Gasteiger partial charge is 0.506 e. The first-order chi connectivity index (χ1) is 9.56. The zero-order valence-electron chi connectivity index (χ0n) is 11.3. The van der Waals surface area contributed by atoms with E-state index in [1.807, 2.05) is 0 Å². The van der Waals surface area contributed by atoms with Crippen molar-refractivity contribution in [2.24, 2.45) is 5.41 Å². The summed E-state index contributed by atoms with van der Waals surface area (Å²) in [5.74, 6) is -0.148. The third-order valence-electron chi connectivity index (χ3n) is 4.03. The number of phenols is 1. The summed E-state index contributed by atoms with van der Waals surface area (Å²) in [6, 6.07) is 4.52. The van der Waals surface area contributed by atoms with Crippen molar-refractivity contribution in [2.75, 3.05) is 11.9 Å². The summed E-state index contributed by atoms with van der Waals surface area (Å²) in [5.41, 5.74) is 0.655. The maximum atomic E-state index is 12.1. The first kappa shape index (κ1) is 15.6. The molecule has 2 N–H and O–H groups in total. The Morgan fingerprint density at radius 2 is 2.05 bits per heavy atom. The molecule has 0 aliphatic heterocycles. The van der Waals surface area contributed by atoms with Gasteiger partial charge >= 0.3 is 0 Å². The Morgan fingerprint density at radius 3 is 2.65 bits per heavy atom. The fourth-order valence-electron chi connectivity index (χ4n) is 2.68. The fourth-order valence-corrected chi connectivity index (χ4v) is 3.62. The molecule has 1 saturated carbocycles. The topological polar surface area (TPSA) is 49.3 Å². The van der Waals surface area contributed by atoms with Crippen LogP contribution < -0.4 is 5.32 Å². The van der Waals surface area contributed by atoms with Crippen LogP contribution in [0.4, 0.5) is 0 Å². The molecule has 1 aromatic carbocycles. The van der Waals surface area contributed by atoms with Crippen molar-refractivity contribution in [3.8, 4) is 5.75 Å². The molecule has 1 aliphatic carbocycles. The van der Waals surface area contributed by atoms with E-state index in [1.165, 1.54) is 31.4 Å². The number of hydrogen-bond acceptors (Lipinski definition) is 2. The number of benzene rings is 1. The second-order valence-electron chi connectivity index (χ2n) is 5.54. The standard InChI is InChI=1S/C15H19BrClNO2/c16-9-15(6-2-1-3-7-15)10-18-14(20)11-4-5-13(19)12(17)8-11/h4-5,8,19H,1-3,6-7,9-10H2,(H,18,20). The smallest absolute Gasteiger partial charge is 0.251 e. The molecule has 1 amide bonds. The van der Waals surface area contributed by atoms with Crippen molar-refractivity contribution < 1.29 is 9.90 Å². The molecule has 0 heterocycles. The molecular weight excluding hydrogens is 342 g/mol.